The molecule has 0 saturated carbocycles. The highest BCUT2D eigenvalue weighted by Crippen LogP contribution is 2.13. The maximum Gasteiger partial charge on any atom is 0.287 e. The van der Waals surface area contributed by atoms with Gasteiger partial charge < -0.3 is 15.5 Å². The van der Waals surface area contributed by atoms with Crippen molar-refractivity contribution in [3.63, 3.8) is 0 Å². The standard InChI is InChI=1S/C11H18N2O2.ClH/c1-7(5-12)6-13-11(14)10-8(2)4-9(3)15-10;/h4,7H,5-6,12H2,1-3H3,(H,13,14);1H. The van der Waals surface area contributed by atoms with Gasteiger partial charge in [0.15, 0.2) is 5.76 Å². The van der Waals surface area contributed by atoms with Gasteiger partial charge in [0.05, 0.1) is 0 Å². The maximum atomic E-state index is 11.7. The fourth-order valence-corrected chi connectivity index (χ4v) is 1.30. The van der Waals surface area contributed by atoms with Crippen molar-refractivity contribution < 1.29 is 9.21 Å². The zero-order valence-electron chi connectivity index (χ0n) is 9.87. The molecule has 0 spiro atoms. The molecular weight excluding hydrogens is 228 g/mol. The molecule has 0 aliphatic carbocycles. The molecule has 0 aliphatic rings. The van der Waals surface area contributed by atoms with Crippen molar-refractivity contribution in [2.45, 2.75) is 20.8 Å². The van der Waals surface area contributed by atoms with Crippen LogP contribution in [0.1, 0.15) is 28.8 Å². The Hall–Kier alpha value is -1.00. The molecule has 0 fully saturated rings. The molecule has 1 aromatic heterocycles. The van der Waals surface area contributed by atoms with Gasteiger partial charge in [-0.2, -0.15) is 0 Å². The van der Waals surface area contributed by atoms with Crippen molar-refractivity contribution in [2.75, 3.05) is 13.1 Å². The van der Waals surface area contributed by atoms with Crippen LogP contribution in [0.3, 0.4) is 0 Å². The van der Waals surface area contributed by atoms with E-state index < -0.39 is 0 Å². The van der Waals surface area contributed by atoms with Gasteiger partial charge in [0.25, 0.3) is 5.91 Å². The SMILES string of the molecule is Cc1cc(C)c(C(=O)NCC(C)CN)o1.Cl. The van der Waals surface area contributed by atoms with Gasteiger partial charge in [-0.25, -0.2) is 0 Å². The molecule has 0 bridgehead atoms. The van der Waals surface area contributed by atoms with Crippen molar-refractivity contribution in [1.82, 2.24) is 5.32 Å². The molecule has 5 heteroatoms. The van der Waals surface area contributed by atoms with E-state index in [0.717, 1.165) is 11.3 Å². The number of halogens is 1. The van der Waals surface area contributed by atoms with Gasteiger partial charge in [-0.05, 0) is 32.4 Å². The molecule has 0 aromatic carbocycles. The van der Waals surface area contributed by atoms with Crippen LogP contribution >= 0.6 is 12.4 Å². The van der Waals surface area contributed by atoms with Gasteiger partial charge in [0.2, 0.25) is 0 Å². The summed E-state index contributed by atoms with van der Waals surface area (Å²) < 4.78 is 5.30. The average molecular weight is 247 g/mol. The summed E-state index contributed by atoms with van der Waals surface area (Å²) in [4.78, 5) is 11.7. The number of amides is 1. The molecule has 4 nitrogen and oxygen atoms in total. The second-order valence-corrected chi connectivity index (χ2v) is 3.92. The van der Waals surface area contributed by atoms with Crippen LogP contribution in [0.25, 0.3) is 0 Å². The monoisotopic (exact) mass is 246 g/mol. The van der Waals surface area contributed by atoms with Crippen molar-refractivity contribution in [2.24, 2.45) is 11.7 Å². The largest absolute Gasteiger partial charge is 0.456 e. The van der Waals surface area contributed by atoms with Crippen LogP contribution in [0.15, 0.2) is 10.5 Å². The summed E-state index contributed by atoms with van der Waals surface area (Å²) in [5, 5.41) is 2.79. The lowest BCUT2D eigenvalue weighted by Crippen LogP contribution is -2.31. The van der Waals surface area contributed by atoms with Crippen molar-refractivity contribution >= 4 is 18.3 Å². The minimum Gasteiger partial charge on any atom is -0.456 e. The van der Waals surface area contributed by atoms with E-state index in [1.54, 1.807) is 0 Å². The third kappa shape index (κ3) is 3.87. The third-order valence-corrected chi connectivity index (χ3v) is 2.26. The molecular formula is C11H19ClN2O2. The van der Waals surface area contributed by atoms with E-state index in [9.17, 15) is 4.79 Å². The molecule has 16 heavy (non-hydrogen) atoms. The lowest BCUT2D eigenvalue weighted by molar-refractivity contribution is 0.0918. The average Bonchev–Trinajstić information content (AvgIpc) is 2.53. The Labute approximate surface area is 102 Å². The van der Waals surface area contributed by atoms with E-state index in [1.165, 1.54) is 0 Å². The van der Waals surface area contributed by atoms with Gasteiger partial charge in [-0.3, -0.25) is 4.79 Å². The lowest BCUT2D eigenvalue weighted by Gasteiger charge is -2.08. The number of aryl methyl sites for hydroxylation is 2. The van der Waals surface area contributed by atoms with Gasteiger partial charge >= 0.3 is 0 Å². The number of nitrogens with two attached hydrogens (primary N) is 1. The molecule has 1 heterocycles. The Balaban J connectivity index is 0.00000225. The van der Waals surface area contributed by atoms with Gasteiger partial charge in [0, 0.05) is 12.1 Å². The minimum absolute atomic E-state index is 0. The highest BCUT2D eigenvalue weighted by molar-refractivity contribution is 5.92. The fraction of sp³-hybridized carbons (Fsp3) is 0.545. The van der Waals surface area contributed by atoms with Gasteiger partial charge in [-0.15, -0.1) is 12.4 Å². The van der Waals surface area contributed by atoms with Crippen LogP contribution in [0.4, 0.5) is 0 Å². The van der Waals surface area contributed by atoms with Crippen LogP contribution in [-0.2, 0) is 0 Å². The summed E-state index contributed by atoms with van der Waals surface area (Å²) in [6.07, 6.45) is 0. The molecule has 1 aromatic rings. The Morgan fingerprint density at radius 1 is 1.56 bits per heavy atom. The fourth-order valence-electron chi connectivity index (χ4n) is 1.30. The number of hydrogen-bond acceptors (Lipinski definition) is 3. The van der Waals surface area contributed by atoms with E-state index in [1.807, 2.05) is 26.8 Å². The normalized spacial score (nSPS) is 11.8. The first-order chi connectivity index (χ1) is 7.04. The van der Waals surface area contributed by atoms with Gasteiger partial charge in [0.1, 0.15) is 5.76 Å². The molecule has 1 unspecified atom stereocenters. The number of carbonyl (C=O) groups excluding carboxylic acids is 1. The molecule has 92 valence electrons. The predicted octanol–water partition coefficient (Wildman–Crippen LogP) is 1.64. The van der Waals surface area contributed by atoms with Crippen LogP contribution in [0, 0.1) is 19.8 Å². The molecule has 0 radical (unpaired) electrons. The Kier molecular flexibility index (Phi) is 6.14. The van der Waals surface area contributed by atoms with E-state index in [2.05, 4.69) is 5.32 Å². The highest BCUT2D eigenvalue weighted by Gasteiger charge is 2.14. The van der Waals surface area contributed by atoms with Crippen LogP contribution in [-0.4, -0.2) is 19.0 Å². The lowest BCUT2D eigenvalue weighted by atomic mass is 10.2. The number of hydrogen-bond donors (Lipinski definition) is 2. The molecule has 0 saturated heterocycles. The summed E-state index contributed by atoms with van der Waals surface area (Å²) in [7, 11) is 0. The van der Waals surface area contributed by atoms with E-state index >= 15 is 0 Å². The van der Waals surface area contributed by atoms with E-state index in [-0.39, 0.29) is 24.2 Å². The number of carbonyl (C=O) groups is 1. The van der Waals surface area contributed by atoms with E-state index in [0.29, 0.717) is 18.8 Å². The first kappa shape index (κ1) is 15.0. The quantitative estimate of drug-likeness (QED) is 0.849. The molecule has 0 aliphatic heterocycles. The van der Waals surface area contributed by atoms with Crippen molar-refractivity contribution in [1.29, 1.82) is 0 Å². The second-order valence-electron chi connectivity index (χ2n) is 3.92. The van der Waals surface area contributed by atoms with Crippen molar-refractivity contribution in [3.05, 3.63) is 23.2 Å². The zero-order valence-corrected chi connectivity index (χ0v) is 10.7. The number of furan rings is 1. The summed E-state index contributed by atoms with van der Waals surface area (Å²) >= 11 is 0. The maximum absolute atomic E-state index is 11.7. The molecule has 3 N–H and O–H groups in total. The first-order valence-corrected chi connectivity index (χ1v) is 5.10. The number of rotatable bonds is 4. The minimum atomic E-state index is -0.166. The Morgan fingerprint density at radius 3 is 2.62 bits per heavy atom. The first-order valence-electron chi connectivity index (χ1n) is 5.10. The molecule has 1 amide bonds. The van der Waals surface area contributed by atoms with Crippen LogP contribution < -0.4 is 11.1 Å². The second kappa shape index (κ2) is 6.55. The summed E-state index contributed by atoms with van der Waals surface area (Å²) in [5.41, 5.74) is 6.32. The van der Waals surface area contributed by atoms with Crippen molar-refractivity contribution in [3.8, 4) is 0 Å². The van der Waals surface area contributed by atoms with Gasteiger partial charge in [-0.1, -0.05) is 6.92 Å². The zero-order chi connectivity index (χ0) is 11.4. The smallest absolute Gasteiger partial charge is 0.287 e. The Morgan fingerprint density at radius 2 is 2.19 bits per heavy atom. The predicted molar refractivity (Wildman–Crippen MR) is 66.0 cm³/mol. The van der Waals surface area contributed by atoms with Crippen LogP contribution in [0.5, 0.6) is 0 Å². The molecule has 1 rings (SSSR count). The topological polar surface area (TPSA) is 68.3 Å². The van der Waals surface area contributed by atoms with Crippen LogP contribution in [0.2, 0.25) is 0 Å². The highest BCUT2D eigenvalue weighted by atomic mass is 35.5. The Bertz CT molecular complexity index is 350. The van der Waals surface area contributed by atoms with E-state index in [4.69, 9.17) is 10.2 Å². The summed E-state index contributed by atoms with van der Waals surface area (Å²) in [5.74, 6) is 1.27. The summed E-state index contributed by atoms with van der Waals surface area (Å²) in [6.45, 7) is 6.82. The number of nitrogens with one attached hydrogen (secondary N) is 1. The third-order valence-electron chi connectivity index (χ3n) is 2.26. The molecule has 1 atom stereocenters. The summed E-state index contributed by atoms with van der Waals surface area (Å²) in [6, 6.07) is 1.85.